The highest BCUT2D eigenvalue weighted by Crippen LogP contribution is 2.37. The highest BCUT2D eigenvalue weighted by atomic mass is 35.5. The number of nitrogens with one attached hydrogen (secondary N) is 2. The lowest BCUT2D eigenvalue weighted by molar-refractivity contribution is -0.123. The zero-order valence-corrected chi connectivity index (χ0v) is 13.1. The number of fused-ring (bicyclic) bond motifs is 1. The molecule has 5 heteroatoms. The maximum Gasteiger partial charge on any atom is 0.227 e. The van der Waals surface area contributed by atoms with E-state index >= 15 is 0 Å². The van der Waals surface area contributed by atoms with Crippen molar-refractivity contribution in [3.63, 3.8) is 0 Å². The molecule has 2 aliphatic rings. The first-order valence-corrected chi connectivity index (χ1v) is 8.06. The first-order valence-electron chi connectivity index (χ1n) is 7.07. The Hall–Kier alpha value is -0.710. The van der Waals surface area contributed by atoms with Crippen LogP contribution in [0.5, 0.6) is 0 Å². The summed E-state index contributed by atoms with van der Waals surface area (Å²) < 4.78 is 0. The second-order valence-electron chi connectivity index (χ2n) is 5.28. The van der Waals surface area contributed by atoms with E-state index < -0.39 is 0 Å². The number of amides is 1. The van der Waals surface area contributed by atoms with Crippen molar-refractivity contribution in [1.82, 2.24) is 10.6 Å². The van der Waals surface area contributed by atoms with Crippen LogP contribution in [0.4, 0.5) is 0 Å². The summed E-state index contributed by atoms with van der Waals surface area (Å²) in [5.41, 5.74) is 1.21. The molecule has 2 heterocycles. The fourth-order valence-corrected chi connectivity index (χ4v) is 4.02. The van der Waals surface area contributed by atoms with Crippen molar-refractivity contribution in [1.29, 1.82) is 0 Å². The summed E-state index contributed by atoms with van der Waals surface area (Å²) >= 11 is 1.86. The number of carbonyl (C=O) groups excluding carboxylic acids is 1. The molecule has 0 radical (unpaired) electrons. The highest BCUT2D eigenvalue weighted by molar-refractivity contribution is 7.99. The van der Waals surface area contributed by atoms with E-state index in [4.69, 9.17) is 0 Å². The van der Waals surface area contributed by atoms with Crippen LogP contribution in [0.25, 0.3) is 0 Å². The SMILES string of the molecule is Cl.O=C(N[C@H]1CCCNC1)C1CCSc2ccccc21. The molecule has 2 N–H and O–H groups in total. The van der Waals surface area contributed by atoms with Crippen LogP contribution in [0.15, 0.2) is 29.2 Å². The third kappa shape index (κ3) is 3.48. The molecule has 1 fully saturated rings. The van der Waals surface area contributed by atoms with Crippen molar-refractivity contribution < 1.29 is 4.79 Å². The van der Waals surface area contributed by atoms with Crippen molar-refractivity contribution in [2.75, 3.05) is 18.8 Å². The molecule has 1 unspecified atom stereocenters. The van der Waals surface area contributed by atoms with E-state index in [9.17, 15) is 4.79 Å². The van der Waals surface area contributed by atoms with Gasteiger partial charge in [-0.05, 0) is 43.2 Å². The fourth-order valence-electron chi connectivity index (χ4n) is 2.89. The van der Waals surface area contributed by atoms with Crippen LogP contribution in [-0.4, -0.2) is 30.8 Å². The first kappa shape index (κ1) is 15.7. The van der Waals surface area contributed by atoms with Gasteiger partial charge in [-0.25, -0.2) is 0 Å². The molecule has 1 saturated heterocycles. The number of carbonyl (C=O) groups is 1. The molecule has 1 amide bonds. The average Bonchev–Trinajstić information content (AvgIpc) is 2.47. The van der Waals surface area contributed by atoms with E-state index in [-0.39, 0.29) is 24.2 Å². The minimum absolute atomic E-state index is 0. The van der Waals surface area contributed by atoms with E-state index in [0.29, 0.717) is 6.04 Å². The molecular weight excluding hydrogens is 292 g/mol. The van der Waals surface area contributed by atoms with Crippen LogP contribution in [0.1, 0.15) is 30.7 Å². The zero-order valence-electron chi connectivity index (χ0n) is 11.4. The van der Waals surface area contributed by atoms with E-state index in [1.54, 1.807) is 0 Å². The minimum Gasteiger partial charge on any atom is -0.352 e. The van der Waals surface area contributed by atoms with Crippen molar-refractivity contribution in [2.45, 2.75) is 36.1 Å². The lowest BCUT2D eigenvalue weighted by Gasteiger charge is -2.28. The minimum atomic E-state index is 0. The van der Waals surface area contributed by atoms with Crippen molar-refractivity contribution in [2.24, 2.45) is 0 Å². The van der Waals surface area contributed by atoms with Crippen molar-refractivity contribution >= 4 is 30.1 Å². The Morgan fingerprint density at radius 3 is 2.95 bits per heavy atom. The standard InChI is InChI=1S/C15H20N2OS.ClH/c18-15(17-11-4-3-8-16-10-11)13-7-9-19-14-6-2-1-5-12(13)14;/h1-2,5-6,11,13,16H,3-4,7-10H2,(H,17,18);1H/t11-,13?;/m0./s1. The normalized spacial score (nSPS) is 25.2. The molecule has 0 aromatic heterocycles. The van der Waals surface area contributed by atoms with Gasteiger partial charge in [-0.1, -0.05) is 18.2 Å². The van der Waals surface area contributed by atoms with Crippen LogP contribution in [0.3, 0.4) is 0 Å². The lowest BCUT2D eigenvalue weighted by atomic mass is 9.94. The van der Waals surface area contributed by atoms with Gasteiger partial charge >= 0.3 is 0 Å². The molecule has 3 nitrogen and oxygen atoms in total. The van der Waals surface area contributed by atoms with E-state index in [1.165, 1.54) is 10.5 Å². The molecule has 110 valence electrons. The summed E-state index contributed by atoms with van der Waals surface area (Å²) in [7, 11) is 0. The van der Waals surface area contributed by atoms with Gasteiger partial charge in [0.05, 0.1) is 5.92 Å². The van der Waals surface area contributed by atoms with E-state index in [0.717, 1.165) is 38.1 Å². The molecule has 2 aliphatic heterocycles. The Bertz CT molecular complexity index is 463. The molecule has 1 aromatic rings. The maximum atomic E-state index is 12.5. The number of hydrogen-bond donors (Lipinski definition) is 2. The third-order valence-corrected chi connectivity index (χ3v) is 5.04. The number of rotatable bonds is 2. The topological polar surface area (TPSA) is 41.1 Å². The Kier molecular flexibility index (Phi) is 5.75. The van der Waals surface area contributed by atoms with Gasteiger partial charge in [0.15, 0.2) is 0 Å². The van der Waals surface area contributed by atoms with Crippen LogP contribution < -0.4 is 10.6 Å². The van der Waals surface area contributed by atoms with Gasteiger partial charge in [0.1, 0.15) is 0 Å². The zero-order chi connectivity index (χ0) is 13.1. The Labute approximate surface area is 130 Å². The molecule has 1 aromatic carbocycles. The third-order valence-electron chi connectivity index (χ3n) is 3.92. The van der Waals surface area contributed by atoms with Gasteiger partial charge < -0.3 is 10.6 Å². The Morgan fingerprint density at radius 2 is 2.15 bits per heavy atom. The summed E-state index contributed by atoms with van der Waals surface area (Å²) in [4.78, 5) is 13.8. The smallest absolute Gasteiger partial charge is 0.227 e. The van der Waals surface area contributed by atoms with Gasteiger partial charge in [-0.15, -0.1) is 24.2 Å². The van der Waals surface area contributed by atoms with Crippen LogP contribution in [-0.2, 0) is 4.79 Å². The first-order chi connectivity index (χ1) is 9.34. The van der Waals surface area contributed by atoms with E-state index in [2.05, 4.69) is 28.8 Å². The highest BCUT2D eigenvalue weighted by Gasteiger charge is 2.28. The van der Waals surface area contributed by atoms with Gasteiger partial charge in [-0.3, -0.25) is 4.79 Å². The summed E-state index contributed by atoms with van der Waals surface area (Å²) in [6.07, 6.45) is 3.21. The molecule has 0 bridgehead atoms. The maximum absolute atomic E-state index is 12.5. The predicted octanol–water partition coefficient (Wildman–Crippen LogP) is 2.56. The summed E-state index contributed by atoms with van der Waals surface area (Å²) in [5.74, 6) is 1.29. The molecular formula is C15H21ClN2OS. The molecule has 0 saturated carbocycles. The number of thioether (sulfide) groups is 1. The molecule has 0 aliphatic carbocycles. The number of hydrogen-bond acceptors (Lipinski definition) is 3. The average molecular weight is 313 g/mol. The summed E-state index contributed by atoms with van der Waals surface area (Å²) in [6.45, 7) is 1.99. The van der Waals surface area contributed by atoms with Crippen LogP contribution in [0, 0.1) is 0 Å². The number of piperidine rings is 1. The summed E-state index contributed by atoms with van der Waals surface area (Å²) in [5, 5.41) is 6.56. The predicted molar refractivity (Wildman–Crippen MR) is 85.8 cm³/mol. The fraction of sp³-hybridized carbons (Fsp3) is 0.533. The summed E-state index contributed by atoms with van der Waals surface area (Å²) in [6, 6.07) is 8.62. The molecule has 3 rings (SSSR count). The van der Waals surface area contributed by atoms with Crippen LogP contribution >= 0.6 is 24.2 Å². The Balaban J connectivity index is 0.00000147. The second-order valence-corrected chi connectivity index (χ2v) is 6.42. The van der Waals surface area contributed by atoms with Crippen molar-refractivity contribution in [3.8, 4) is 0 Å². The quantitative estimate of drug-likeness (QED) is 0.882. The lowest BCUT2D eigenvalue weighted by Crippen LogP contribution is -2.47. The van der Waals surface area contributed by atoms with Gasteiger partial charge in [-0.2, -0.15) is 0 Å². The molecule has 2 atom stereocenters. The van der Waals surface area contributed by atoms with E-state index in [1.807, 2.05) is 17.8 Å². The largest absolute Gasteiger partial charge is 0.352 e. The van der Waals surface area contributed by atoms with Crippen molar-refractivity contribution in [3.05, 3.63) is 29.8 Å². The molecule has 20 heavy (non-hydrogen) atoms. The monoisotopic (exact) mass is 312 g/mol. The van der Waals surface area contributed by atoms with Gasteiger partial charge in [0.2, 0.25) is 5.91 Å². The number of halogens is 1. The van der Waals surface area contributed by atoms with Crippen LogP contribution in [0.2, 0.25) is 0 Å². The second kappa shape index (κ2) is 7.34. The Morgan fingerprint density at radius 1 is 1.30 bits per heavy atom. The van der Waals surface area contributed by atoms with Gasteiger partial charge in [0.25, 0.3) is 0 Å². The number of benzene rings is 1. The molecule has 0 spiro atoms. The van der Waals surface area contributed by atoms with Gasteiger partial charge in [0, 0.05) is 17.5 Å².